The molecule has 1 aromatic heterocycles. The number of amides is 1. The van der Waals surface area contributed by atoms with E-state index in [4.69, 9.17) is 9.26 Å². The van der Waals surface area contributed by atoms with Crippen molar-refractivity contribution in [2.75, 3.05) is 26.0 Å². The molecule has 8 nitrogen and oxygen atoms in total. The molecule has 1 aliphatic carbocycles. The first-order valence-electron chi connectivity index (χ1n) is 10.4. The number of ether oxygens (including phenoxy) is 1. The zero-order valence-electron chi connectivity index (χ0n) is 16.9. The number of likely N-dealkylation sites (tertiary alicyclic amines) is 1. The summed E-state index contributed by atoms with van der Waals surface area (Å²) in [6, 6.07) is 7.62. The van der Waals surface area contributed by atoms with E-state index in [9.17, 15) is 13.2 Å². The summed E-state index contributed by atoms with van der Waals surface area (Å²) in [4.78, 5) is 18.8. The molecule has 9 heteroatoms. The molecule has 3 fully saturated rings. The van der Waals surface area contributed by atoms with Crippen LogP contribution >= 0.6 is 0 Å². The molecule has 1 saturated carbocycles. The Morgan fingerprint density at radius 2 is 1.97 bits per heavy atom. The van der Waals surface area contributed by atoms with Gasteiger partial charge in [0.15, 0.2) is 15.7 Å². The lowest BCUT2D eigenvalue weighted by Gasteiger charge is -2.50. The molecule has 0 N–H and O–H groups in total. The Labute approximate surface area is 175 Å². The van der Waals surface area contributed by atoms with E-state index >= 15 is 0 Å². The largest absolute Gasteiger partial charge is 0.497 e. The number of methoxy groups -OCH3 is 1. The highest BCUT2D eigenvalue weighted by molar-refractivity contribution is 7.93. The summed E-state index contributed by atoms with van der Waals surface area (Å²) < 4.78 is 35.5. The number of nitrogens with zero attached hydrogens (tertiary/aromatic N) is 3. The molecule has 2 aromatic rings. The minimum absolute atomic E-state index is 0.0735. The molecule has 5 rings (SSSR count). The third-order valence-electron chi connectivity index (χ3n) is 6.92. The number of carbonyl (C=O) groups is 1. The van der Waals surface area contributed by atoms with Crippen molar-refractivity contribution in [3.05, 3.63) is 41.5 Å². The van der Waals surface area contributed by atoms with Gasteiger partial charge in [0.2, 0.25) is 11.8 Å². The van der Waals surface area contributed by atoms with Crippen LogP contribution < -0.4 is 4.74 Å². The highest BCUT2D eigenvalue weighted by Gasteiger charge is 2.64. The van der Waals surface area contributed by atoms with Crippen LogP contribution in [0.15, 0.2) is 28.8 Å². The first-order valence-corrected chi connectivity index (χ1v) is 12.0. The van der Waals surface area contributed by atoms with Crippen LogP contribution in [0.5, 0.6) is 5.75 Å². The zero-order chi connectivity index (χ0) is 20.9. The Bertz CT molecular complexity index is 1050. The summed E-state index contributed by atoms with van der Waals surface area (Å²) >= 11 is 0. The van der Waals surface area contributed by atoms with Crippen LogP contribution in [0.4, 0.5) is 0 Å². The van der Waals surface area contributed by atoms with Gasteiger partial charge in [-0.15, -0.1) is 0 Å². The van der Waals surface area contributed by atoms with Gasteiger partial charge in [0.25, 0.3) is 0 Å². The second-order valence-electron chi connectivity index (χ2n) is 8.62. The van der Waals surface area contributed by atoms with Gasteiger partial charge in [0.05, 0.1) is 18.8 Å². The number of hydrogen-bond donors (Lipinski definition) is 0. The molecule has 1 amide bonds. The monoisotopic (exact) mass is 431 g/mol. The minimum atomic E-state index is -3.32. The molecule has 0 bridgehead atoms. The lowest BCUT2D eigenvalue weighted by molar-refractivity contribution is -0.144. The molecular weight excluding hydrogens is 406 g/mol. The Morgan fingerprint density at radius 3 is 2.60 bits per heavy atom. The Kier molecular flexibility index (Phi) is 4.61. The maximum absolute atomic E-state index is 12.9. The molecule has 0 radical (unpaired) electrons. The van der Waals surface area contributed by atoms with E-state index in [1.54, 1.807) is 12.0 Å². The van der Waals surface area contributed by atoms with Gasteiger partial charge >= 0.3 is 0 Å². The zero-order valence-corrected chi connectivity index (χ0v) is 17.7. The van der Waals surface area contributed by atoms with E-state index in [0.29, 0.717) is 24.6 Å². The van der Waals surface area contributed by atoms with Crippen LogP contribution in [0.2, 0.25) is 0 Å². The summed E-state index contributed by atoms with van der Waals surface area (Å²) in [5.41, 5.74) is 1.01. The van der Waals surface area contributed by atoms with Crippen molar-refractivity contribution in [3.8, 4) is 5.75 Å². The third-order valence-corrected chi connectivity index (χ3v) is 9.47. The van der Waals surface area contributed by atoms with E-state index < -0.39 is 14.6 Å². The van der Waals surface area contributed by atoms with Crippen molar-refractivity contribution in [2.24, 2.45) is 5.92 Å². The van der Waals surface area contributed by atoms with Crippen LogP contribution in [0, 0.1) is 5.92 Å². The fourth-order valence-electron chi connectivity index (χ4n) is 4.80. The number of hydrogen-bond acceptors (Lipinski definition) is 7. The van der Waals surface area contributed by atoms with Crippen molar-refractivity contribution in [3.63, 3.8) is 0 Å². The van der Waals surface area contributed by atoms with Crippen molar-refractivity contribution >= 4 is 15.7 Å². The van der Waals surface area contributed by atoms with Gasteiger partial charge in [-0.25, -0.2) is 8.42 Å². The van der Waals surface area contributed by atoms with Gasteiger partial charge in [-0.05, 0) is 37.0 Å². The van der Waals surface area contributed by atoms with E-state index in [1.165, 1.54) is 0 Å². The maximum Gasteiger partial charge on any atom is 0.231 e. The SMILES string of the molecule is COc1ccc(Cc2noc(C3CCS(=O)(=O)C34CN(C(=O)C3CCC3)C4)n2)cc1. The number of aromatic nitrogens is 2. The lowest BCUT2D eigenvalue weighted by Crippen LogP contribution is -2.68. The van der Waals surface area contributed by atoms with Crippen LogP contribution in [-0.4, -0.2) is 60.1 Å². The van der Waals surface area contributed by atoms with Gasteiger partial charge in [-0.2, -0.15) is 4.98 Å². The summed E-state index contributed by atoms with van der Waals surface area (Å²) in [7, 11) is -1.70. The summed E-state index contributed by atoms with van der Waals surface area (Å²) in [5.74, 6) is 1.58. The molecule has 30 heavy (non-hydrogen) atoms. The van der Waals surface area contributed by atoms with E-state index in [0.717, 1.165) is 30.6 Å². The molecule has 1 unspecified atom stereocenters. The highest BCUT2D eigenvalue weighted by Crippen LogP contribution is 2.50. The summed E-state index contributed by atoms with van der Waals surface area (Å²) in [6.45, 7) is 0.483. The van der Waals surface area contributed by atoms with Gasteiger partial charge in [0, 0.05) is 25.4 Å². The van der Waals surface area contributed by atoms with Crippen molar-refractivity contribution in [1.82, 2.24) is 15.0 Å². The van der Waals surface area contributed by atoms with Gasteiger partial charge in [0.1, 0.15) is 10.5 Å². The normalized spacial score (nSPS) is 24.4. The van der Waals surface area contributed by atoms with E-state index in [2.05, 4.69) is 10.1 Å². The number of benzene rings is 1. The average molecular weight is 432 g/mol. The fraction of sp³-hybridized carbons (Fsp3) is 0.571. The second kappa shape index (κ2) is 7.08. The molecule has 160 valence electrons. The molecule has 2 saturated heterocycles. The quantitative estimate of drug-likeness (QED) is 0.713. The smallest absolute Gasteiger partial charge is 0.231 e. The third kappa shape index (κ3) is 3.02. The first kappa shape index (κ1) is 19.5. The maximum atomic E-state index is 12.9. The predicted octanol–water partition coefficient (Wildman–Crippen LogP) is 1.95. The van der Waals surface area contributed by atoms with Crippen LogP contribution in [-0.2, 0) is 21.1 Å². The molecule has 2 aliphatic heterocycles. The molecule has 1 spiro atoms. The molecule has 3 aliphatic rings. The fourth-order valence-corrected chi connectivity index (χ4v) is 7.11. The number of carbonyl (C=O) groups excluding carboxylic acids is 1. The standard InChI is InChI=1S/C21H25N3O5S/c1-28-16-7-5-14(6-8-16)11-18-22-19(29-23-18)17-9-10-30(26,27)21(17)12-24(13-21)20(25)15-3-2-4-15/h5-8,15,17H,2-4,9-13H2,1H3. The average Bonchev–Trinajstić information content (AvgIpc) is 3.20. The molecular formula is C21H25N3O5S. The minimum Gasteiger partial charge on any atom is -0.497 e. The Morgan fingerprint density at radius 1 is 1.23 bits per heavy atom. The highest BCUT2D eigenvalue weighted by atomic mass is 32.2. The Balaban J connectivity index is 1.33. The van der Waals surface area contributed by atoms with Gasteiger partial charge in [-0.1, -0.05) is 23.7 Å². The number of rotatable bonds is 5. The van der Waals surface area contributed by atoms with E-state index in [-0.39, 0.29) is 36.6 Å². The molecule has 3 heterocycles. The van der Waals surface area contributed by atoms with Crippen molar-refractivity contribution in [1.29, 1.82) is 0 Å². The van der Waals surface area contributed by atoms with Gasteiger partial charge in [-0.3, -0.25) is 4.79 Å². The topological polar surface area (TPSA) is 103 Å². The molecule has 1 aromatic carbocycles. The Hall–Kier alpha value is -2.42. The van der Waals surface area contributed by atoms with Crippen LogP contribution in [0.3, 0.4) is 0 Å². The predicted molar refractivity (Wildman–Crippen MR) is 108 cm³/mol. The van der Waals surface area contributed by atoms with Crippen molar-refractivity contribution in [2.45, 2.75) is 42.8 Å². The van der Waals surface area contributed by atoms with E-state index in [1.807, 2.05) is 24.3 Å². The van der Waals surface area contributed by atoms with Crippen LogP contribution in [0.1, 0.15) is 48.9 Å². The molecule has 1 atom stereocenters. The van der Waals surface area contributed by atoms with Gasteiger partial charge < -0.3 is 14.2 Å². The number of sulfone groups is 1. The van der Waals surface area contributed by atoms with Crippen LogP contribution in [0.25, 0.3) is 0 Å². The summed E-state index contributed by atoms with van der Waals surface area (Å²) in [5, 5.41) is 4.08. The first-order chi connectivity index (χ1) is 14.4. The van der Waals surface area contributed by atoms with Crippen molar-refractivity contribution < 1.29 is 22.5 Å². The lowest BCUT2D eigenvalue weighted by atomic mass is 9.79. The summed E-state index contributed by atoms with van der Waals surface area (Å²) in [6.07, 6.45) is 3.85. The second-order valence-corrected chi connectivity index (χ2v) is 11.1.